The second kappa shape index (κ2) is 6.27. The maximum absolute atomic E-state index is 13.7. The zero-order valence-corrected chi connectivity index (χ0v) is 13.0. The number of rotatable bonds is 4. The lowest BCUT2D eigenvalue weighted by atomic mass is 10.2. The molecule has 4 aromatic rings. The molecule has 0 amide bonds. The first kappa shape index (κ1) is 15.2. The molecule has 25 heavy (non-hydrogen) atoms. The van der Waals surface area contributed by atoms with Gasteiger partial charge in [-0.2, -0.15) is 0 Å². The van der Waals surface area contributed by atoms with Crippen molar-refractivity contribution in [3.05, 3.63) is 78.3 Å². The molecule has 0 unspecified atom stereocenters. The second-order valence-electron chi connectivity index (χ2n) is 5.46. The number of benzene rings is 1. The highest BCUT2D eigenvalue weighted by atomic mass is 19.1. The van der Waals surface area contributed by atoms with Crippen molar-refractivity contribution in [2.45, 2.75) is 6.54 Å². The number of hydrogen-bond acceptors (Lipinski definition) is 4. The third-order valence-electron chi connectivity index (χ3n) is 3.81. The number of pyridine rings is 1. The minimum Gasteiger partial charge on any atom is -0.364 e. The van der Waals surface area contributed by atoms with Gasteiger partial charge < -0.3 is 5.32 Å². The van der Waals surface area contributed by atoms with Gasteiger partial charge in [-0.3, -0.25) is 4.98 Å². The first-order chi connectivity index (χ1) is 12.2. The molecular formula is C18H13F2N5. The molecule has 3 heterocycles. The summed E-state index contributed by atoms with van der Waals surface area (Å²) in [5.41, 5.74) is 2.68. The van der Waals surface area contributed by atoms with Crippen LogP contribution in [-0.2, 0) is 6.54 Å². The van der Waals surface area contributed by atoms with E-state index >= 15 is 0 Å². The number of imidazole rings is 1. The van der Waals surface area contributed by atoms with E-state index in [1.807, 2.05) is 18.2 Å². The Morgan fingerprint density at radius 1 is 1.00 bits per heavy atom. The van der Waals surface area contributed by atoms with E-state index in [9.17, 15) is 8.78 Å². The topological polar surface area (TPSA) is 55.1 Å². The monoisotopic (exact) mass is 337 g/mol. The maximum atomic E-state index is 13.7. The van der Waals surface area contributed by atoms with Gasteiger partial charge in [0.05, 0.1) is 11.9 Å². The first-order valence-corrected chi connectivity index (χ1v) is 7.64. The highest BCUT2D eigenvalue weighted by Crippen LogP contribution is 2.20. The standard InChI is InChI=1S/C18H13F2N5/c19-14-1-2-15(20)13(9-14)10-22-17-3-4-18-23-11-16(25(18)24-17)12-5-7-21-8-6-12/h1-9,11H,10H2,(H,22,24). The molecule has 4 rings (SSSR count). The van der Waals surface area contributed by atoms with Crippen LogP contribution < -0.4 is 5.32 Å². The predicted octanol–water partition coefficient (Wildman–Crippen LogP) is 3.68. The van der Waals surface area contributed by atoms with Crippen molar-refractivity contribution >= 4 is 11.5 Å². The Morgan fingerprint density at radius 2 is 1.84 bits per heavy atom. The molecule has 0 aliphatic carbocycles. The largest absolute Gasteiger partial charge is 0.364 e. The molecule has 1 aromatic carbocycles. The van der Waals surface area contributed by atoms with E-state index in [0.29, 0.717) is 11.5 Å². The summed E-state index contributed by atoms with van der Waals surface area (Å²) in [7, 11) is 0. The van der Waals surface area contributed by atoms with E-state index in [2.05, 4.69) is 20.4 Å². The van der Waals surface area contributed by atoms with Gasteiger partial charge in [0, 0.05) is 30.1 Å². The molecule has 124 valence electrons. The number of anilines is 1. The Kier molecular flexibility index (Phi) is 3.81. The van der Waals surface area contributed by atoms with E-state index in [0.717, 1.165) is 23.4 Å². The maximum Gasteiger partial charge on any atom is 0.154 e. The van der Waals surface area contributed by atoms with E-state index in [-0.39, 0.29) is 12.1 Å². The summed E-state index contributed by atoms with van der Waals surface area (Å²) in [5.74, 6) is -0.407. The van der Waals surface area contributed by atoms with Crippen molar-refractivity contribution in [1.29, 1.82) is 0 Å². The van der Waals surface area contributed by atoms with E-state index in [1.54, 1.807) is 29.2 Å². The molecule has 7 heteroatoms. The Hall–Kier alpha value is -3.35. The van der Waals surface area contributed by atoms with Gasteiger partial charge >= 0.3 is 0 Å². The fourth-order valence-corrected chi connectivity index (χ4v) is 2.55. The zero-order chi connectivity index (χ0) is 17.2. The van der Waals surface area contributed by atoms with E-state index < -0.39 is 11.6 Å². The van der Waals surface area contributed by atoms with Gasteiger partial charge in [-0.15, -0.1) is 5.10 Å². The minimum absolute atomic E-state index is 0.126. The van der Waals surface area contributed by atoms with Crippen molar-refractivity contribution in [3.63, 3.8) is 0 Å². The quantitative estimate of drug-likeness (QED) is 0.617. The molecule has 0 spiro atoms. The van der Waals surface area contributed by atoms with Gasteiger partial charge in [-0.1, -0.05) is 0 Å². The van der Waals surface area contributed by atoms with Crippen molar-refractivity contribution < 1.29 is 8.78 Å². The lowest BCUT2D eigenvalue weighted by Gasteiger charge is -2.08. The third kappa shape index (κ3) is 3.03. The summed E-state index contributed by atoms with van der Waals surface area (Å²) < 4.78 is 28.7. The number of nitrogens with one attached hydrogen (secondary N) is 1. The van der Waals surface area contributed by atoms with Gasteiger partial charge in [-0.05, 0) is 42.5 Å². The van der Waals surface area contributed by atoms with Crippen molar-refractivity contribution in [1.82, 2.24) is 19.6 Å². The SMILES string of the molecule is Fc1ccc(F)c(CNc2ccc3ncc(-c4ccncc4)n3n2)c1. The van der Waals surface area contributed by atoms with Gasteiger partial charge in [0.1, 0.15) is 17.5 Å². The van der Waals surface area contributed by atoms with Crippen molar-refractivity contribution in [2.75, 3.05) is 5.32 Å². The highest BCUT2D eigenvalue weighted by molar-refractivity contribution is 5.63. The molecule has 0 aliphatic rings. The summed E-state index contributed by atoms with van der Waals surface area (Å²) in [5, 5.41) is 7.50. The molecule has 0 atom stereocenters. The van der Waals surface area contributed by atoms with Gasteiger partial charge in [-0.25, -0.2) is 18.3 Å². The number of nitrogens with zero attached hydrogens (tertiary/aromatic N) is 4. The molecule has 5 nitrogen and oxygen atoms in total. The van der Waals surface area contributed by atoms with Crippen LogP contribution in [0.15, 0.2) is 61.1 Å². The van der Waals surface area contributed by atoms with Crippen molar-refractivity contribution in [2.24, 2.45) is 0 Å². The molecule has 0 bridgehead atoms. The Morgan fingerprint density at radius 3 is 2.68 bits per heavy atom. The summed E-state index contributed by atoms with van der Waals surface area (Å²) >= 11 is 0. The fraction of sp³-hybridized carbons (Fsp3) is 0.0556. The first-order valence-electron chi connectivity index (χ1n) is 7.64. The summed E-state index contributed by atoms with van der Waals surface area (Å²) in [6.45, 7) is 0.126. The minimum atomic E-state index is -0.476. The van der Waals surface area contributed by atoms with Crippen LogP contribution in [-0.4, -0.2) is 19.6 Å². The average molecular weight is 337 g/mol. The van der Waals surface area contributed by atoms with Crippen LogP contribution in [0.3, 0.4) is 0 Å². The van der Waals surface area contributed by atoms with Gasteiger partial charge in [0.25, 0.3) is 0 Å². The van der Waals surface area contributed by atoms with Crippen LogP contribution in [0.4, 0.5) is 14.6 Å². The summed E-state index contributed by atoms with van der Waals surface area (Å²) in [4.78, 5) is 8.33. The van der Waals surface area contributed by atoms with Crippen LogP contribution in [0.25, 0.3) is 16.9 Å². The van der Waals surface area contributed by atoms with Crippen molar-refractivity contribution in [3.8, 4) is 11.3 Å². The molecule has 0 radical (unpaired) electrons. The van der Waals surface area contributed by atoms with Crippen LogP contribution in [0.1, 0.15) is 5.56 Å². The van der Waals surface area contributed by atoms with Gasteiger partial charge in [0.2, 0.25) is 0 Å². The molecule has 0 saturated carbocycles. The predicted molar refractivity (Wildman–Crippen MR) is 89.9 cm³/mol. The number of fused-ring (bicyclic) bond motifs is 1. The molecule has 3 aromatic heterocycles. The Bertz CT molecular complexity index is 1030. The van der Waals surface area contributed by atoms with Crippen LogP contribution in [0.2, 0.25) is 0 Å². The second-order valence-corrected chi connectivity index (χ2v) is 5.46. The molecule has 0 fully saturated rings. The van der Waals surface area contributed by atoms with Crippen LogP contribution in [0.5, 0.6) is 0 Å². The number of hydrogen-bond donors (Lipinski definition) is 1. The molecular weight excluding hydrogens is 324 g/mol. The van der Waals surface area contributed by atoms with E-state index in [1.165, 1.54) is 6.07 Å². The molecule has 1 N–H and O–H groups in total. The third-order valence-corrected chi connectivity index (χ3v) is 3.81. The molecule has 0 aliphatic heterocycles. The Labute approximate surface area is 142 Å². The summed E-state index contributed by atoms with van der Waals surface area (Å²) in [6.07, 6.45) is 5.13. The lowest BCUT2D eigenvalue weighted by Crippen LogP contribution is -2.06. The average Bonchev–Trinajstić information content (AvgIpc) is 3.06. The van der Waals surface area contributed by atoms with Gasteiger partial charge in [0.15, 0.2) is 5.65 Å². The lowest BCUT2D eigenvalue weighted by molar-refractivity contribution is 0.587. The normalized spacial score (nSPS) is 11.0. The Balaban J connectivity index is 1.64. The smallest absolute Gasteiger partial charge is 0.154 e. The number of halogens is 2. The van der Waals surface area contributed by atoms with Crippen LogP contribution >= 0.6 is 0 Å². The highest BCUT2D eigenvalue weighted by Gasteiger charge is 2.09. The zero-order valence-electron chi connectivity index (χ0n) is 13.0. The molecule has 0 saturated heterocycles. The fourth-order valence-electron chi connectivity index (χ4n) is 2.55. The summed E-state index contributed by atoms with van der Waals surface area (Å²) in [6, 6.07) is 10.7. The van der Waals surface area contributed by atoms with Crippen LogP contribution in [0, 0.1) is 11.6 Å². The number of aromatic nitrogens is 4. The van der Waals surface area contributed by atoms with E-state index in [4.69, 9.17) is 0 Å².